The monoisotopic (exact) mass is 476 g/mol. The minimum absolute atomic E-state index is 0.0981. The summed E-state index contributed by atoms with van der Waals surface area (Å²) in [4.78, 5) is 24.7. The first-order valence-electron chi connectivity index (χ1n) is 10.9. The van der Waals surface area contributed by atoms with Crippen LogP contribution in [0.1, 0.15) is 40.1 Å². The lowest BCUT2D eigenvalue weighted by Crippen LogP contribution is -2.28. The summed E-state index contributed by atoms with van der Waals surface area (Å²) in [7, 11) is 0. The Morgan fingerprint density at radius 3 is 2.59 bits per heavy atom. The van der Waals surface area contributed by atoms with Gasteiger partial charge in [-0.2, -0.15) is 0 Å². The van der Waals surface area contributed by atoms with Gasteiger partial charge in [-0.25, -0.2) is 0 Å². The molecule has 0 saturated heterocycles. The van der Waals surface area contributed by atoms with Gasteiger partial charge >= 0.3 is 5.00 Å². The lowest BCUT2D eigenvalue weighted by Gasteiger charge is -2.33. The van der Waals surface area contributed by atoms with Crippen LogP contribution in [0, 0.1) is 24.0 Å². The molecule has 0 fully saturated rings. The van der Waals surface area contributed by atoms with Gasteiger partial charge in [0.05, 0.1) is 22.7 Å². The van der Waals surface area contributed by atoms with Gasteiger partial charge in [0.15, 0.2) is 11.5 Å². The summed E-state index contributed by atoms with van der Waals surface area (Å²) in [5.74, 6) is 0.603. The lowest BCUT2D eigenvalue weighted by molar-refractivity contribution is -0.380. The summed E-state index contributed by atoms with van der Waals surface area (Å²) in [6.07, 6.45) is 0.630. The molecule has 34 heavy (non-hydrogen) atoms. The molecule has 5 rings (SSSR count). The molecule has 0 bridgehead atoms. The second kappa shape index (κ2) is 8.71. The largest absolute Gasteiger partial charge is 0.361 e. The number of aromatic amines is 1. The Bertz CT molecular complexity index is 1410. The molecule has 0 radical (unpaired) electrons. The van der Waals surface area contributed by atoms with Crippen molar-refractivity contribution in [2.24, 2.45) is 0 Å². The summed E-state index contributed by atoms with van der Waals surface area (Å²) in [6.45, 7) is 4.11. The zero-order valence-corrected chi connectivity index (χ0v) is 19.5. The summed E-state index contributed by atoms with van der Waals surface area (Å²) >= 11 is 1.15. The standard InChI is InChI=1S/C24H24N6O3S/c1-14-8-9-17(15(2)12-14)19-13-18(20-10-11-21(34-20)30(32)33)25-23-22(24(31)28-29(19)23)27-26-16-6-4-3-5-7-16/h3-12,18-19,25-27H,13H2,1-2H3,(H,28,31). The predicted octanol–water partition coefficient (Wildman–Crippen LogP) is 5.35. The van der Waals surface area contributed by atoms with Crippen molar-refractivity contribution in [2.75, 3.05) is 16.2 Å². The molecular formula is C24H24N6O3S. The fourth-order valence-electron chi connectivity index (χ4n) is 4.43. The summed E-state index contributed by atoms with van der Waals surface area (Å²) in [6, 6.07) is 18.7. The number of hydrazine groups is 1. The van der Waals surface area contributed by atoms with Gasteiger partial charge in [0.25, 0.3) is 5.56 Å². The maximum atomic E-state index is 13.0. The predicted molar refractivity (Wildman–Crippen MR) is 135 cm³/mol. The molecule has 1 aliphatic rings. The molecule has 4 aromatic rings. The number of hydrogen-bond donors (Lipinski definition) is 4. The number of benzene rings is 2. The van der Waals surface area contributed by atoms with Crippen molar-refractivity contribution in [2.45, 2.75) is 32.4 Å². The third-order valence-electron chi connectivity index (χ3n) is 6.03. The van der Waals surface area contributed by atoms with E-state index in [1.165, 1.54) is 6.07 Å². The number of fused-ring (bicyclic) bond motifs is 1. The van der Waals surface area contributed by atoms with Crippen LogP contribution < -0.4 is 21.7 Å². The Hall–Kier alpha value is -4.05. The van der Waals surface area contributed by atoms with Crippen molar-refractivity contribution in [3.8, 4) is 0 Å². The minimum Gasteiger partial charge on any atom is -0.361 e. The zero-order chi connectivity index (χ0) is 23.8. The molecule has 0 amide bonds. The van der Waals surface area contributed by atoms with Crippen LogP contribution >= 0.6 is 11.3 Å². The van der Waals surface area contributed by atoms with Crippen LogP contribution in [0.4, 0.5) is 22.2 Å². The van der Waals surface area contributed by atoms with Crippen molar-refractivity contribution in [3.05, 3.63) is 103 Å². The second-order valence-electron chi connectivity index (χ2n) is 8.39. The van der Waals surface area contributed by atoms with Crippen molar-refractivity contribution >= 4 is 33.5 Å². The van der Waals surface area contributed by atoms with E-state index in [0.29, 0.717) is 17.9 Å². The van der Waals surface area contributed by atoms with Gasteiger partial charge in [0, 0.05) is 10.9 Å². The lowest BCUT2D eigenvalue weighted by atomic mass is 9.92. The fourth-order valence-corrected chi connectivity index (χ4v) is 5.32. The molecule has 2 aromatic carbocycles. The summed E-state index contributed by atoms with van der Waals surface area (Å²) in [5, 5.41) is 17.8. The van der Waals surface area contributed by atoms with E-state index in [4.69, 9.17) is 0 Å². The number of H-pyrrole nitrogens is 1. The number of nitro groups is 1. The van der Waals surface area contributed by atoms with Gasteiger partial charge < -0.3 is 10.7 Å². The van der Waals surface area contributed by atoms with Crippen LogP contribution in [0.2, 0.25) is 0 Å². The molecule has 0 spiro atoms. The second-order valence-corrected chi connectivity index (χ2v) is 9.49. The molecule has 2 aromatic heterocycles. The van der Waals surface area contributed by atoms with Crippen molar-refractivity contribution < 1.29 is 4.92 Å². The van der Waals surface area contributed by atoms with Gasteiger partial charge in [0.1, 0.15) is 0 Å². The number of nitrogens with one attached hydrogen (secondary N) is 4. The van der Waals surface area contributed by atoms with E-state index < -0.39 is 0 Å². The van der Waals surface area contributed by atoms with Gasteiger partial charge in [-0.3, -0.25) is 30.1 Å². The zero-order valence-electron chi connectivity index (χ0n) is 18.7. The maximum absolute atomic E-state index is 13.0. The Morgan fingerprint density at radius 1 is 1.09 bits per heavy atom. The highest BCUT2D eigenvalue weighted by Crippen LogP contribution is 2.43. The van der Waals surface area contributed by atoms with Crippen LogP contribution in [-0.4, -0.2) is 14.7 Å². The van der Waals surface area contributed by atoms with E-state index in [1.807, 2.05) is 41.9 Å². The highest BCUT2D eigenvalue weighted by molar-refractivity contribution is 7.15. The highest BCUT2D eigenvalue weighted by Gasteiger charge is 2.34. The first-order chi connectivity index (χ1) is 16.4. The number of anilines is 3. The topological polar surface area (TPSA) is 117 Å². The Kier molecular flexibility index (Phi) is 5.58. The van der Waals surface area contributed by atoms with Crippen LogP contribution in [0.25, 0.3) is 0 Å². The van der Waals surface area contributed by atoms with Crippen LogP contribution in [0.5, 0.6) is 0 Å². The molecule has 3 heterocycles. The van der Waals surface area contributed by atoms with Crippen LogP contribution in [0.15, 0.2) is 65.5 Å². The number of aromatic nitrogens is 2. The molecule has 10 heteroatoms. The van der Waals surface area contributed by atoms with Crippen molar-refractivity contribution in [1.29, 1.82) is 0 Å². The summed E-state index contributed by atoms with van der Waals surface area (Å²) in [5.41, 5.74) is 10.4. The third-order valence-corrected chi connectivity index (χ3v) is 7.18. The number of nitrogens with zero attached hydrogens (tertiary/aromatic N) is 2. The van der Waals surface area contributed by atoms with E-state index in [-0.39, 0.29) is 27.6 Å². The third kappa shape index (κ3) is 4.03. The van der Waals surface area contributed by atoms with Crippen molar-refractivity contribution in [1.82, 2.24) is 9.78 Å². The van der Waals surface area contributed by atoms with Gasteiger partial charge in [0.2, 0.25) is 0 Å². The molecule has 174 valence electrons. The SMILES string of the molecule is Cc1ccc(C2CC(c3ccc([N+](=O)[O-])s3)Nc3c(NNc4ccccc4)c(=O)[nH]n32)c(C)c1. The van der Waals surface area contributed by atoms with Crippen LogP contribution in [-0.2, 0) is 0 Å². The number of rotatable bonds is 6. The van der Waals surface area contributed by atoms with Gasteiger partial charge in [-0.1, -0.05) is 53.3 Å². The first-order valence-corrected chi connectivity index (χ1v) is 11.7. The smallest absolute Gasteiger partial charge is 0.324 e. The normalized spacial score (nSPS) is 17.0. The van der Waals surface area contributed by atoms with E-state index in [9.17, 15) is 14.9 Å². The van der Waals surface area contributed by atoms with Gasteiger partial charge in [-0.15, -0.1) is 0 Å². The highest BCUT2D eigenvalue weighted by atomic mass is 32.1. The summed E-state index contributed by atoms with van der Waals surface area (Å²) < 4.78 is 1.85. The first kappa shape index (κ1) is 21.8. The van der Waals surface area contributed by atoms with Crippen molar-refractivity contribution in [3.63, 3.8) is 0 Å². The molecule has 4 N–H and O–H groups in total. The Balaban J connectivity index is 1.56. The average Bonchev–Trinajstić information content (AvgIpc) is 3.43. The van der Waals surface area contributed by atoms with E-state index in [2.05, 4.69) is 46.4 Å². The Labute approximate surface area is 199 Å². The number of aryl methyl sites for hydroxylation is 2. The molecule has 2 atom stereocenters. The molecule has 0 aliphatic carbocycles. The number of hydrogen-bond acceptors (Lipinski definition) is 7. The van der Waals surface area contributed by atoms with E-state index >= 15 is 0 Å². The van der Waals surface area contributed by atoms with E-state index in [1.54, 1.807) is 6.07 Å². The molecule has 0 saturated carbocycles. The average molecular weight is 477 g/mol. The quantitative estimate of drug-likeness (QED) is 0.220. The molecule has 2 unspecified atom stereocenters. The minimum atomic E-state index is -0.373. The number of thiophene rings is 1. The Morgan fingerprint density at radius 2 is 1.88 bits per heavy atom. The van der Waals surface area contributed by atoms with E-state index in [0.717, 1.165) is 38.6 Å². The molecule has 1 aliphatic heterocycles. The number of para-hydroxylation sites is 1. The van der Waals surface area contributed by atoms with Gasteiger partial charge in [-0.05, 0) is 49.6 Å². The maximum Gasteiger partial charge on any atom is 0.324 e. The van der Waals surface area contributed by atoms with Crippen LogP contribution in [0.3, 0.4) is 0 Å². The molecular weight excluding hydrogens is 452 g/mol. The fraction of sp³-hybridized carbons (Fsp3) is 0.208. The molecule has 9 nitrogen and oxygen atoms in total.